The maximum absolute atomic E-state index is 5.98. The van der Waals surface area contributed by atoms with Gasteiger partial charge in [0.05, 0.1) is 17.1 Å². The molecule has 20 heavy (non-hydrogen) atoms. The molecule has 0 radical (unpaired) electrons. The van der Waals surface area contributed by atoms with E-state index in [0.29, 0.717) is 28.8 Å². The van der Waals surface area contributed by atoms with Crippen LogP contribution in [0.5, 0.6) is 0 Å². The highest BCUT2D eigenvalue weighted by molar-refractivity contribution is 6.33. The Bertz CT molecular complexity index is 727. The number of hydrogen-bond acceptors (Lipinski definition) is 5. The first-order valence-electron chi connectivity index (χ1n) is 6.00. The summed E-state index contributed by atoms with van der Waals surface area (Å²) in [5, 5.41) is 4.40. The summed E-state index contributed by atoms with van der Waals surface area (Å²) >= 11 is 5.98. The van der Waals surface area contributed by atoms with Gasteiger partial charge >= 0.3 is 0 Å². The van der Waals surface area contributed by atoms with Crippen molar-refractivity contribution in [2.24, 2.45) is 0 Å². The number of benzene rings is 1. The monoisotopic (exact) mass is 286 g/mol. The molecule has 0 unspecified atom stereocenters. The first kappa shape index (κ1) is 12.6. The second kappa shape index (κ2) is 5.30. The zero-order chi connectivity index (χ0) is 13.9. The fourth-order valence-corrected chi connectivity index (χ4v) is 1.95. The van der Waals surface area contributed by atoms with Crippen molar-refractivity contribution in [1.29, 1.82) is 0 Å². The van der Waals surface area contributed by atoms with Crippen molar-refractivity contribution in [1.82, 2.24) is 15.1 Å². The molecule has 0 bridgehead atoms. The molecule has 2 N–H and O–H groups in total. The Kier molecular flexibility index (Phi) is 3.35. The summed E-state index contributed by atoms with van der Waals surface area (Å²) in [5.74, 6) is 0.990. The third kappa shape index (κ3) is 2.62. The fraction of sp³-hybridized carbons (Fsp3) is 0.0714. The molecule has 0 saturated heterocycles. The average molecular weight is 287 g/mol. The zero-order valence-corrected chi connectivity index (χ0v) is 11.2. The van der Waals surface area contributed by atoms with Crippen molar-refractivity contribution in [3.05, 3.63) is 59.1 Å². The second-order valence-corrected chi connectivity index (χ2v) is 4.66. The van der Waals surface area contributed by atoms with Crippen molar-refractivity contribution in [3.63, 3.8) is 0 Å². The van der Waals surface area contributed by atoms with Crippen LogP contribution >= 0.6 is 11.6 Å². The van der Waals surface area contributed by atoms with Gasteiger partial charge in [-0.2, -0.15) is 4.98 Å². The maximum atomic E-state index is 5.98. The first-order valence-corrected chi connectivity index (χ1v) is 6.38. The Balaban J connectivity index is 1.84. The van der Waals surface area contributed by atoms with E-state index in [0.717, 1.165) is 11.3 Å². The second-order valence-electron chi connectivity index (χ2n) is 4.25. The van der Waals surface area contributed by atoms with Gasteiger partial charge in [-0.25, -0.2) is 0 Å². The van der Waals surface area contributed by atoms with E-state index in [1.54, 1.807) is 24.4 Å². The Morgan fingerprint density at radius 1 is 1.20 bits per heavy atom. The average Bonchev–Trinajstić information content (AvgIpc) is 2.91. The maximum Gasteiger partial charge on any atom is 0.257 e. The van der Waals surface area contributed by atoms with Crippen LogP contribution in [0.1, 0.15) is 11.5 Å². The molecule has 2 aromatic heterocycles. The van der Waals surface area contributed by atoms with Crippen LogP contribution in [0.25, 0.3) is 11.5 Å². The summed E-state index contributed by atoms with van der Waals surface area (Å²) in [6.45, 7) is 0. The third-order valence-electron chi connectivity index (χ3n) is 2.78. The summed E-state index contributed by atoms with van der Waals surface area (Å²) < 4.78 is 5.23. The van der Waals surface area contributed by atoms with Gasteiger partial charge in [-0.3, -0.25) is 4.98 Å². The molecule has 6 heteroatoms. The molecule has 100 valence electrons. The molecular weight excluding hydrogens is 276 g/mol. The molecule has 5 nitrogen and oxygen atoms in total. The number of nitrogens with zero attached hydrogens (tertiary/aromatic N) is 3. The lowest BCUT2D eigenvalue weighted by Crippen LogP contribution is -1.93. The molecule has 0 amide bonds. The molecule has 0 aliphatic carbocycles. The van der Waals surface area contributed by atoms with Gasteiger partial charge in [-0.05, 0) is 30.3 Å². The Morgan fingerprint density at radius 3 is 2.85 bits per heavy atom. The minimum atomic E-state index is 0.415. The van der Waals surface area contributed by atoms with Crippen LogP contribution in [0.15, 0.2) is 47.1 Å². The topological polar surface area (TPSA) is 77.8 Å². The van der Waals surface area contributed by atoms with Crippen molar-refractivity contribution in [3.8, 4) is 11.5 Å². The number of halogens is 1. The van der Waals surface area contributed by atoms with Gasteiger partial charge in [-0.1, -0.05) is 22.8 Å². The van der Waals surface area contributed by atoms with E-state index in [1.165, 1.54) is 0 Å². The molecule has 3 rings (SSSR count). The van der Waals surface area contributed by atoms with Crippen LogP contribution < -0.4 is 5.73 Å². The summed E-state index contributed by atoms with van der Waals surface area (Å²) in [7, 11) is 0. The minimum Gasteiger partial charge on any atom is -0.398 e. The van der Waals surface area contributed by atoms with E-state index >= 15 is 0 Å². The molecule has 0 atom stereocenters. The lowest BCUT2D eigenvalue weighted by atomic mass is 10.2. The molecule has 1 aromatic carbocycles. The number of aromatic nitrogens is 3. The molecule has 3 aromatic rings. The van der Waals surface area contributed by atoms with E-state index in [2.05, 4.69) is 15.1 Å². The Labute approximate surface area is 120 Å². The third-order valence-corrected chi connectivity index (χ3v) is 3.11. The molecule has 0 aliphatic heterocycles. The van der Waals surface area contributed by atoms with Crippen LogP contribution in [-0.4, -0.2) is 15.1 Å². The quantitative estimate of drug-likeness (QED) is 0.749. The first-order chi connectivity index (χ1) is 9.72. The molecular formula is C14H11ClN4O. The van der Waals surface area contributed by atoms with Crippen LogP contribution in [-0.2, 0) is 6.42 Å². The highest BCUT2D eigenvalue weighted by Crippen LogP contribution is 2.26. The molecule has 0 aliphatic rings. The number of rotatable bonds is 3. The van der Waals surface area contributed by atoms with Crippen LogP contribution in [0, 0.1) is 0 Å². The fourth-order valence-electron chi connectivity index (χ4n) is 1.77. The van der Waals surface area contributed by atoms with Gasteiger partial charge in [0.2, 0.25) is 0 Å². The van der Waals surface area contributed by atoms with E-state index < -0.39 is 0 Å². The van der Waals surface area contributed by atoms with E-state index in [1.807, 2.05) is 18.2 Å². The van der Waals surface area contributed by atoms with Gasteiger partial charge in [-0.15, -0.1) is 0 Å². The minimum absolute atomic E-state index is 0.415. The zero-order valence-electron chi connectivity index (χ0n) is 10.5. The van der Waals surface area contributed by atoms with Crippen molar-refractivity contribution in [2.75, 3.05) is 5.73 Å². The summed E-state index contributed by atoms with van der Waals surface area (Å²) in [6.07, 6.45) is 2.25. The van der Waals surface area contributed by atoms with Gasteiger partial charge in [0.15, 0.2) is 5.82 Å². The lowest BCUT2D eigenvalue weighted by molar-refractivity contribution is 0.423. The van der Waals surface area contributed by atoms with Crippen molar-refractivity contribution in [2.45, 2.75) is 6.42 Å². The van der Waals surface area contributed by atoms with Crippen LogP contribution in [0.3, 0.4) is 0 Å². The number of nitrogen functional groups attached to an aromatic ring is 1. The molecule has 2 heterocycles. The standard InChI is InChI=1S/C14H11ClN4O/c15-11-7-9(4-5-12(11)16)14-18-13(19-20-14)8-10-3-1-2-6-17-10/h1-7H,8,16H2. The van der Waals surface area contributed by atoms with E-state index in [-0.39, 0.29) is 0 Å². The van der Waals surface area contributed by atoms with E-state index in [4.69, 9.17) is 21.9 Å². The number of hydrogen-bond donors (Lipinski definition) is 1. The Hall–Kier alpha value is -2.40. The predicted octanol–water partition coefficient (Wildman–Crippen LogP) is 2.96. The molecule has 0 spiro atoms. The normalized spacial score (nSPS) is 10.7. The highest BCUT2D eigenvalue weighted by atomic mass is 35.5. The van der Waals surface area contributed by atoms with Gasteiger partial charge in [0, 0.05) is 17.5 Å². The van der Waals surface area contributed by atoms with E-state index in [9.17, 15) is 0 Å². The largest absolute Gasteiger partial charge is 0.398 e. The smallest absolute Gasteiger partial charge is 0.257 e. The van der Waals surface area contributed by atoms with Crippen LogP contribution in [0.4, 0.5) is 5.69 Å². The number of pyridine rings is 1. The van der Waals surface area contributed by atoms with Crippen molar-refractivity contribution >= 4 is 17.3 Å². The molecule has 0 saturated carbocycles. The SMILES string of the molecule is Nc1ccc(-c2nc(Cc3ccccn3)no2)cc1Cl. The summed E-state index contributed by atoms with van der Waals surface area (Å²) in [4.78, 5) is 8.55. The Morgan fingerprint density at radius 2 is 2.10 bits per heavy atom. The summed E-state index contributed by atoms with van der Waals surface area (Å²) in [5.41, 5.74) is 7.81. The predicted molar refractivity (Wildman–Crippen MR) is 76.2 cm³/mol. The summed E-state index contributed by atoms with van der Waals surface area (Å²) in [6, 6.07) is 10.9. The lowest BCUT2D eigenvalue weighted by Gasteiger charge is -1.98. The highest BCUT2D eigenvalue weighted by Gasteiger charge is 2.11. The van der Waals surface area contributed by atoms with Gasteiger partial charge < -0.3 is 10.3 Å². The van der Waals surface area contributed by atoms with Crippen molar-refractivity contribution < 1.29 is 4.52 Å². The number of nitrogens with two attached hydrogens (primary N) is 1. The van der Waals surface area contributed by atoms with Gasteiger partial charge in [0.1, 0.15) is 0 Å². The number of anilines is 1. The van der Waals surface area contributed by atoms with Crippen LogP contribution in [0.2, 0.25) is 5.02 Å². The van der Waals surface area contributed by atoms with Gasteiger partial charge in [0.25, 0.3) is 5.89 Å². The molecule has 0 fully saturated rings.